The van der Waals surface area contributed by atoms with Crippen molar-refractivity contribution >= 4 is 22.6 Å². The van der Waals surface area contributed by atoms with Crippen molar-refractivity contribution in [3.8, 4) is 11.4 Å². The first-order chi connectivity index (χ1) is 10.1. The van der Waals surface area contributed by atoms with Gasteiger partial charge >= 0.3 is 0 Å². The highest BCUT2D eigenvalue weighted by molar-refractivity contribution is 14.1. The first kappa shape index (κ1) is 14.2. The summed E-state index contributed by atoms with van der Waals surface area (Å²) in [7, 11) is 0. The molecule has 106 valence electrons. The second-order valence-electron chi connectivity index (χ2n) is 4.58. The molecule has 0 bridgehead atoms. The number of hydrogen-bond donors (Lipinski definition) is 2. The minimum Gasteiger partial charge on any atom is -0.318 e. The highest BCUT2D eigenvalue weighted by Crippen LogP contribution is 2.21. The Hall–Kier alpha value is -1.80. The molecule has 1 atom stereocenters. The fraction of sp³-hybridized carbons (Fsp3) is 0.0667. The van der Waals surface area contributed by atoms with Gasteiger partial charge in [0.2, 0.25) is 0 Å². The van der Waals surface area contributed by atoms with E-state index in [-0.39, 0.29) is 5.82 Å². The molecule has 2 aromatic carbocycles. The molecule has 0 saturated carbocycles. The number of H-pyrrole nitrogens is 1. The van der Waals surface area contributed by atoms with E-state index >= 15 is 0 Å². The molecular formula is C15H12FIN4. The lowest BCUT2D eigenvalue weighted by Gasteiger charge is -2.07. The Morgan fingerprint density at radius 3 is 2.38 bits per heavy atom. The van der Waals surface area contributed by atoms with Crippen LogP contribution in [0.25, 0.3) is 11.4 Å². The van der Waals surface area contributed by atoms with Gasteiger partial charge in [-0.3, -0.25) is 5.10 Å². The van der Waals surface area contributed by atoms with Crippen molar-refractivity contribution in [2.75, 3.05) is 0 Å². The molecule has 3 N–H and O–H groups in total. The van der Waals surface area contributed by atoms with E-state index in [1.54, 1.807) is 12.1 Å². The van der Waals surface area contributed by atoms with E-state index in [0.29, 0.717) is 11.6 Å². The summed E-state index contributed by atoms with van der Waals surface area (Å²) in [5, 5.41) is 7.04. The third-order valence-corrected chi connectivity index (χ3v) is 3.85. The minimum atomic E-state index is -0.462. The molecule has 4 nitrogen and oxygen atoms in total. The summed E-state index contributed by atoms with van der Waals surface area (Å²) in [4.78, 5) is 4.42. The van der Waals surface area contributed by atoms with Crippen molar-refractivity contribution in [2.24, 2.45) is 5.73 Å². The Bertz CT molecular complexity index is 737. The largest absolute Gasteiger partial charge is 0.318 e. The van der Waals surface area contributed by atoms with Crippen molar-refractivity contribution in [1.82, 2.24) is 15.2 Å². The molecule has 0 fully saturated rings. The molecule has 1 heterocycles. The van der Waals surface area contributed by atoms with Gasteiger partial charge in [-0.05, 0) is 52.4 Å². The number of nitrogens with one attached hydrogen (secondary N) is 1. The minimum absolute atomic E-state index is 0.289. The fourth-order valence-corrected chi connectivity index (χ4v) is 2.33. The van der Waals surface area contributed by atoms with E-state index in [4.69, 9.17) is 5.73 Å². The number of aromatic nitrogens is 3. The van der Waals surface area contributed by atoms with E-state index in [1.807, 2.05) is 24.3 Å². The molecule has 21 heavy (non-hydrogen) atoms. The van der Waals surface area contributed by atoms with Crippen LogP contribution in [0.3, 0.4) is 0 Å². The Balaban J connectivity index is 1.87. The van der Waals surface area contributed by atoms with Gasteiger partial charge in [0, 0.05) is 9.13 Å². The number of aromatic amines is 1. The lowest BCUT2D eigenvalue weighted by molar-refractivity contribution is 0.626. The molecule has 6 heteroatoms. The average Bonchev–Trinajstić information content (AvgIpc) is 2.98. The third-order valence-electron chi connectivity index (χ3n) is 3.13. The monoisotopic (exact) mass is 394 g/mol. The van der Waals surface area contributed by atoms with Crippen LogP contribution >= 0.6 is 22.6 Å². The van der Waals surface area contributed by atoms with Gasteiger partial charge in [0.15, 0.2) is 5.82 Å². The molecular weight excluding hydrogens is 382 g/mol. The quantitative estimate of drug-likeness (QED) is 0.671. The summed E-state index contributed by atoms with van der Waals surface area (Å²) in [6, 6.07) is 13.5. The summed E-state index contributed by atoms with van der Waals surface area (Å²) < 4.78 is 14.1. The summed E-state index contributed by atoms with van der Waals surface area (Å²) in [5.41, 5.74) is 7.82. The number of rotatable bonds is 3. The van der Waals surface area contributed by atoms with Crippen molar-refractivity contribution in [1.29, 1.82) is 0 Å². The van der Waals surface area contributed by atoms with Crippen LogP contribution in [0.15, 0.2) is 48.5 Å². The second-order valence-corrected chi connectivity index (χ2v) is 5.83. The highest BCUT2D eigenvalue weighted by Gasteiger charge is 2.14. The zero-order chi connectivity index (χ0) is 14.8. The Labute approximate surface area is 134 Å². The molecule has 0 spiro atoms. The molecule has 0 aliphatic rings. The van der Waals surface area contributed by atoms with Crippen LogP contribution in [-0.2, 0) is 0 Å². The number of benzene rings is 2. The first-order valence-electron chi connectivity index (χ1n) is 6.33. The Morgan fingerprint density at radius 1 is 1.05 bits per heavy atom. The van der Waals surface area contributed by atoms with Crippen molar-refractivity contribution < 1.29 is 4.39 Å². The van der Waals surface area contributed by atoms with Gasteiger partial charge in [0.05, 0.1) is 6.04 Å². The maximum absolute atomic E-state index is 12.9. The third kappa shape index (κ3) is 3.11. The lowest BCUT2D eigenvalue weighted by atomic mass is 10.1. The van der Waals surface area contributed by atoms with E-state index in [2.05, 4.69) is 37.8 Å². The maximum atomic E-state index is 12.9. The van der Waals surface area contributed by atoms with Gasteiger partial charge in [-0.25, -0.2) is 9.37 Å². The lowest BCUT2D eigenvalue weighted by Crippen LogP contribution is -2.13. The summed E-state index contributed by atoms with van der Waals surface area (Å²) in [5.74, 6) is 0.859. The number of nitrogens with two attached hydrogens (primary N) is 1. The Kier molecular flexibility index (Phi) is 3.98. The molecule has 0 radical (unpaired) electrons. The summed E-state index contributed by atoms with van der Waals surface area (Å²) in [6.07, 6.45) is 0. The first-order valence-corrected chi connectivity index (χ1v) is 7.40. The predicted molar refractivity (Wildman–Crippen MR) is 87.0 cm³/mol. The zero-order valence-electron chi connectivity index (χ0n) is 10.9. The van der Waals surface area contributed by atoms with Gasteiger partial charge in [-0.2, -0.15) is 5.10 Å². The van der Waals surface area contributed by atoms with Crippen molar-refractivity contribution in [3.63, 3.8) is 0 Å². The molecule has 0 saturated heterocycles. The molecule has 0 aliphatic carbocycles. The SMILES string of the molecule is N[C@H](c1ccc(F)cc1)c1nc(-c2ccc(I)cc2)n[nH]1. The average molecular weight is 394 g/mol. The van der Waals surface area contributed by atoms with E-state index in [0.717, 1.165) is 14.7 Å². The smallest absolute Gasteiger partial charge is 0.181 e. The zero-order valence-corrected chi connectivity index (χ0v) is 13.1. The second kappa shape index (κ2) is 5.90. The number of hydrogen-bond acceptors (Lipinski definition) is 3. The van der Waals surface area contributed by atoms with Crippen LogP contribution in [-0.4, -0.2) is 15.2 Å². The van der Waals surface area contributed by atoms with Crippen molar-refractivity contribution in [2.45, 2.75) is 6.04 Å². The topological polar surface area (TPSA) is 67.6 Å². The summed E-state index contributed by atoms with van der Waals surface area (Å²) in [6.45, 7) is 0. The molecule has 0 aliphatic heterocycles. The molecule has 0 unspecified atom stereocenters. The standard InChI is InChI=1S/C15H12FIN4/c16-11-5-1-9(2-6-11)13(18)15-19-14(20-21-15)10-3-7-12(17)8-4-10/h1-8,13H,18H2,(H,19,20,21)/t13-/m1/s1. The van der Waals surface area contributed by atoms with Crippen LogP contribution in [0.4, 0.5) is 4.39 Å². The van der Waals surface area contributed by atoms with Gasteiger partial charge in [-0.15, -0.1) is 0 Å². The van der Waals surface area contributed by atoms with Gasteiger partial charge in [-0.1, -0.05) is 24.3 Å². The van der Waals surface area contributed by atoms with Crippen LogP contribution in [0, 0.1) is 9.39 Å². The fourth-order valence-electron chi connectivity index (χ4n) is 1.97. The van der Waals surface area contributed by atoms with Crippen LogP contribution in [0.1, 0.15) is 17.4 Å². The number of halogens is 2. The normalized spacial score (nSPS) is 12.3. The van der Waals surface area contributed by atoms with Crippen LogP contribution in [0.2, 0.25) is 0 Å². The maximum Gasteiger partial charge on any atom is 0.181 e. The predicted octanol–water partition coefficient (Wildman–Crippen LogP) is 3.26. The number of nitrogens with zero attached hydrogens (tertiary/aromatic N) is 2. The van der Waals surface area contributed by atoms with Gasteiger partial charge in [0.25, 0.3) is 0 Å². The van der Waals surface area contributed by atoms with E-state index < -0.39 is 6.04 Å². The van der Waals surface area contributed by atoms with E-state index in [9.17, 15) is 4.39 Å². The summed E-state index contributed by atoms with van der Waals surface area (Å²) >= 11 is 2.24. The molecule has 0 amide bonds. The highest BCUT2D eigenvalue weighted by atomic mass is 127. The van der Waals surface area contributed by atoms with Crippen LogP contribution < -0.4 is 5.73 Å². The molecule has 1 aromatic heterocycles. The molecule has 3 rings (SSSR count). The van der Waals surface area contributed by atoms with Gasteiger partial charge < -0.3 is 5.73 Å². The van der Waals surface area contributed by atoms with Crippen LogP contribution in [0.5, 0.6) is 0 Å². The molecule has 3 aromatic rings. The van der Waals surface area contributed by atoms with E-state index in [1.165, 1.54) is 12.1 Å². The van der Waals surface area contributed by atoms with Crippen molar-refractivity contribution in [3.05, 3.63) is 69.3 Å². The Morgan fingerprint density at radius 2 is 1.71 bits per heavy atom. The van der Waals surface area contributed by atoms with Gasteiger partial charge in [0.1, 0.15) is 11.6 Å².